The summed E-state index contributed by atoms with van der Waals surface area (Å²) >= 11 is 0. The minimum Gasteiger partial charge on any atom is -0.378 e. The molecule has 1 fully saturated rings. The van der Waals surface area contributed by atoms with Gasteiger partial charge in [-0.3, -0.25) is 10.1 Å². The average Bonchev–Trinajstić information content (AvgIpc) is 2.42. The molecule has 1 aliphatic heterocycles. The molecule has 0 aromatic heterocycles. The number of hydrogen-bond acceptors (Lipinski definition) is 4. The molecular formula is C16H24N2O3. The van der Waals surface area contributed by atoms with Gasteiger partial charge in [0.15, 0.2) is 0 Å². The number of nitrogens with zero attached hydrogens (tertiary/aromatic N) is 1. The lowest BCUT2D eigenvalue weighted by Crippen LogP contribution is -2.36. The van der Waals surface area contributed by atoms with E-state index in [-0.39, 0.29) is 22.8 Å². The monoisotopic (exact) mass is 292 g/mol. The molecule has 0 saturated carbocycles. The fourth-order valence-electron chi connectivity index (χ4n) is 2.71. The van der Waals surface area contributed by atoms with E-state index in [1.807, 2.05) is 19.9 Å². The first-order valence-electron chi connectivity index (χ1n) is 7.52. The minimum absolute atomic E-state index is 0.158. The normalized spacial score (nSPS) is 22.3. The number of aryl methyl sites for hydroxylation is 2. The van der Waals surface area contributed by atoms with Gasteiger partial charge >= 0.3 is 0 Å². The number of nitrogens with one attached hydrogen (secondary N) is 1. The summed E-state index contributed by atoms with van der Waals surface area (Å²) in [5, 5.41) is 14.6. The lowest BCUT2D eigenvalue weighted by Gasteiger charge is -2.32. The molecule has 21 heavy (non-hydrogen) atoms. The quantitative estimate of drug-likeness (QED) is 0.676. The van der Waals surface area contributed by atoms with Gasteiger partial charge in [0.05, 0.1) is 11.0 Å². The van der Waals surface area contributed by atoms with Crippen molar-refractivity contribution in [2.24, 2.45) is 5.92 Å². The minimum atomic E-state index is -0.311. The van der Waals surface area contributed by atoms with E-state index < -0.39 is 0 Å². The van der Waals surface area contributed by atoms with E-state index in [0.717, 1.165) is 24.0 Å². The highest BCUT2D eigenvalue weighted by atomic mass is 16.6. The van der Waals surface area contributed by atoms with Crippen molar-refractivity contribution < 1.29 is 9.66 Å². The number of rotatable bonds is 4. The molecule has 2 atom stereocenters. The van der Waals surface area contributed by atoms with Crippen LogP contribution >= 0.6 is 0 Å². The first-order chi connectivity index (χ1) is 9.88. The fourth-order valence-corrected chi connectivity index (χ4v) is 2.71. The van der Waals surface area contributed by atoms with Gasteiger partial charge in [-0.1, -0.05) is 13.8 Å². The topological polar surface area (TPSA) is 64.4 Å². The molecule has 2 rings (SSSR count). The summed E-state index contributed by atoms with van der Waals surface area (Å²) in [5.41, 5.74) is 2.79. The fraction of sp³-hybridized carbons (Fsp3) is 0.625. The maximum absolute atomic E-state index is 11.2. The van der Waals surface area contributed by atoms with E-state index >= 15 is 0 Å². The summed E-state index contributed by atoms with van der Waals surface area (Å²) in [6.07, 6.45) is 2.00. The highest BCUT2D eigenvalue weighted by Gasteiger charge is 2.26. The molecule has 0 aliphatic carbocycles. The predicted molar refractivity (Wildman–Crippen MR) is 83.8 cm³/mol. The lowest BCUT2D eigenvalue weighted by atomic mass is 9.95. The van der Waals surface area contributed by atoms with Crippen LogP contribution in [0.2, 0.25) is 0 Å². The molecule has 5 nitrogen and oxygen atoms in total. The van der Waals surface area contributed by atoms with Gasteiger partial charge in [0.25, 0.3) is 5.69 Å². The standard InChI is InChI=1S/C16H24N2O3/c1-10(2)16-9-13(5-6-21-16)17-14-7-11(3)12(4)8-15(14)18(19)20/h7-8,10,13,16-17H,5-6,9H2,1-4H3. The Morgan fingerprint density at radius 2 is 2.00 bits per heavy atom. The second kappa shape index (κ2) is 6.43. The van der Waals surface area contributed by atoms with Crippen LogP contribution < -0.4 is 5.32 Å². The van der Waals surface area contributed by atoms with Crippen LogP contribution in [0, 0.1) is 29.9 Å². The van der Waals surface area contributed by atoms with Crippen LogP contribution in [-0.2, 0) is 4.74 Å². The third-order valence-electron chi connectivity index (χ3n) is 4.23. The van der Waals surface area contributed by atoms with Gasteiger partial charge in [-0.05, 0) is 49.8 Å². The molecule has 5 heteroatoms. The summed E-state index contributed by atoms with van der Waals surface area (Å²) in [7, 11) is 0. The molecule has 2 unspecified atom stereocenters. The molecule has 1 aromatic rings. The van der Waals surface area contributed by atoms with E-state index in [4.69, 9.17) is 4.74 Å². The molecule has 0 spiro atoms. The third kappa shape index (κ3) is 3.73. The van der Waals surface area contributed by atoms with E-state index in [1.54, 1.807) is 6.07 Å². The molecule has 1 N–H and O–H groups in total. The average molecular weight is 292 g/mol. The number of ether oxygens (including phenoxy) is 1. The van der Waals surface area contributed by atoms with Gasteiger partial charge in [0, 0.05) is 18.7 Å². The lowest BCUT2D eigenvalue weighted by molar-refractivity contribution is -0.384. The van der Waals surface area contributed by atoms with E-state index in [9.17, 15) is 10.1 Å². The molecule has 1 heterocycles. The SMILES string of the molecule is Cc1cc(NC2CCOC(C(C)C)C2)c([N+](=O)[O-])cc1C. The molecular weight excluding hydrogens is 268 g/mol. The van der Waals surface area contributed by atoms with Crippen LogP contribution in [0.5, 0.6) is 0 Å². The molecule has 0 radical (unpaired) electrons. The van der Waals surface area contributed by atoms with Crippen molar-refractivity contribution in [3.8, 4) is 0 Å². The zero-order valence-electron chi connectivity index (χ0n) is 13.2. The number of hydrogen-bond donors (Lipinski definition) is 1. The Morgan fingerprint density at radius 1 is 1.33 bits per heavy atom. The predicted octanol–water partition coefficient (Wildman–Crippen LogP) is 3.83. The molecule has 1 aromatic carbocycles. The Kier molecular flexibility index (Phi) is 4.83. The first kappa shape index (κ1) is 15.8. The van der Waals surface area contributed by atoms with E-state index in [0.29, 0.717) is 18.2 Å². The Balaban J connectivity index is 2.19. The van der Waals surface area contributed by atoms with Crippen molar-refractivity contribution in [2.45, 2.75) is 52.7 Å². The number of benzene rings is 1. The Hall–Kier alpha value is -1.62. The van der Waals surface area contributed by atoms with Crippen molar-refractivity contribution >= 4 is 11.4 Å². The Bertz CT molecular complexity index is 528. The van der Waals surface area contributed by atoms with Gasteiger partial charge < -0.3 is 10.1 Å². The summed E-state index contributed by atoms with van der Waals surface area (Å²) in [6, 6.07) is 3.76. The summed E-state index contributed by atoms with van der Waals surface area (Å²) in [6.45, 7) is 8.87. The third-order valence-corrected chi connectivity index (χ3v) is 4.23. The highest BCUT2D eigenvalue weighted by molar-refractivity contribution is 5.65. The number of nitro groups is 1. The maximum atomic E-state index is 11.2. The summed E-state index contributed by atoms with van der Waals surface area (Å²) in [5.74, 6) is 0.462. The van der Waals surface area contributed by atoms with Crippen molar-refractivity contribution in [2.75, 3.05) is 11.9 Å². The van der Waals surface area contributed by atoms with Crippen LogP contribution in [0.25, 0.3) is 0 Å². The summed E-state index contributed by atoms with van der Waals surface area (Å²) < 4.78 is 5.75. The highest BCUT2D eigenvalue weighted by Crippen LogP contribution is 2.31. The maximum Gasteiger partial charge on any atom is 0.292 e. The van der Waals surface area contributed by atoms with Crippen LogP contribution in [0.1, 0.15) is 37.8 Å². The molecule has 0 bridgehead atoms. The zero-order valence-corrected chi connectivity index (χ0v) is 13.2. The molecule has 1 saturated heterocycles. The van der Waals surface area contributed by atoms with Gasteiger partial charge in [0.1, 0.15) is 5.69 Å². The van der Waals surface area contributed by atoms with Crippen molar-refractivity contribution in [1.29, 1.82) is 0 Å². The van der Waals surface area contributed by atoms with Crippen LogP contribution in [0.15, 0.2) is 12.1 Å². The van der Waals surface area contributed by atoms with Crippen LogP contribution in [-0.4, -0.2) is 23.7 Å². The second-order valence-corrected chi connectivity index (χ2v) is 6.23. The van der Waals surface area contributed by atoms with Crippen molar-refractivity contribution in [3.63, 3.8) is 0 Å². The molecule has 1 aliphatic rings. The first-order valence-corrected chi connectivity index (χ1v) is 7.52. The Morgan fingerprint density at radius 3 is 2.62 bits per heavy atom. The van der Waals surface area contributed by atoms with Gasteiger partial charge in [-0.25, -0.2) is 0 Å². The van der Waals surface area contributed by atoms with Crippen LogP contribution in [0.4, 0.5) is 11.4 Å². The van der Waals surface area contributed by atoms with Gasteiger partial charge in [-0.2, -0.15) is 0 Å². The van der Waals surface area contributed by atoms with Crippen molar-refractivity contribution in [1.82, 2.24) is 0 Å². The summed E-state index contributed by atoms with van der Waals surface area (Å²) in [4.78, 5) is 10.9. The van der Waals surface area contributed by atoms with Gasteiger partial charge in [-0.15, -0.1) is 0 Å². The largest absolute Gasteiger partial charge is 0.378 e. The van der Waals surface area contributed by atoms with Crippen LogP contribution in [0.3, 0.4) is 0 Å². The van der Waals surface area contributed by atoms with E-state index in [1.165, 1.54) is 0 Å². The molecule has 116 valence electrons. The number of nitro benzene ring substituents is 1. The van der Waals surface area contributed by atoms with E-state index in [2.05, 4.69) is 19.2 Å². The van der Waals surface area contributed by atoms with Gasteiger partial charge in [0.2, 0.25) is 0 Å². The van der Waals surface area contributed by atoms with Crippen molar-refractivity contribution in [3.05, 3.63) is 33.4 Å². The Labute approximate surface area is 125 Å². The zero-order chi connectivity index (χ0) is 15.6. The molecule has 0 amide bonds. The smallest absolute Gasteiger partial charge is 0.292 e. The second-order valence-electron chi connectivity index (χ2n) is 6.23. The number of anilines is 1.